The number of hydrogen-bond acceptors (Lipinski definition) is 2. The molecule has 3 aromatic rings. The van der Waals surface area contributed by atoms with Crippen molar-refractivity contribution in [2.24, 2.45) is 0 Å². The standard InChI is InChI=1S/C22H14O2/c1-3-17-5-9-19(10-6-17)23-21-13-15-22(16-14-21)24-20-11-7-18(4-2)8-12-20/h1-2,5-16H. The molecule has 0 N–H and O–H groups in total. The van der Waals surface area contributed by atoms with E-state index in [9.17, 15) is 0 Å². The third-order valence-corrected chi connectivity index (χ3v) is 3.34. The minimum atomic E-state index is 0.721. The summed E-state index contributed by atoms with van der Waals surface area (Å²) in [6.45, 7) is 0. The Balaban J connectivity index is 1.66. The summed E-state index contributed by atoms with van der Waals surface area (Å²) in [5.74, 6) is 8.05. The van der Waals surface area contributed by atoms with E-state index in [0.29, 0.717) is 0 Å². The van der Waals surface area contributed by atoms with E-state index in [1.54, 1.807) is 0 Å². The maximum absolute atomic E-state index is 5.77. The van der Waals surface area contributed by atoms with Gasteiger partial charge in [-0.05, 0) is 72.8 Å². The van der Waals surface area contributed by atoms with Crippen molar-refractivity contribution in [2.45, 2.75) is 0 Å². The molecule has 0 aliphatic carbocycles. The molecular formula is C22H14O2. The van der Waals surface area contributed by atoms with Crippen LogP contribution in [-0.4, -0.2) is 0 Å². The largest absolute Gasteiger partial charge is 0.457 e. The van der Waals surface area contributed by atoms with E-state index in [1.165, 1.54) is 0 Å². The highest BCUT2D eigenvalue weighted by Gasteiger charge is 2.01. The second kappa shape index (κ2) is 7.09. The first kappa shape index (κ1) is 15.3. The van der Waals surface area contributed by atoms with Crippen molar-refractivity contribution in [1.82, 2.24) is 0 Å². The zero-order chi connectivity index (χ0) is 16.8. The van der Waals surface area contributed by atoms with E-state index in [2.05, 4.69) is 11.8 Å². The van der Waals surface area contributed by atoms with E-state index >= 15 is 0 Å². The van der Waals surface area contributed by atoms with E-state index in [-0.39, 0.29) is 0 Å². The monoisotopic (exact) mass is 310 g/mol. The predicted octanol–water partition coefficient (Wildman–Crippen LogP) is 5.23. The highest BCUT2D eigenvalue weighted by molar-refractivity contribution is 5.42. The molecule has 0 aromatic heterocycles. The summed E-state index contributed by atoms with van der Waals surface area (Å²) < 4.78 is 11.5. The highest BCUT2D eigenvalue weighted by Crippen LogP contribution is 2.27. The molecule has 0 aliphatic rings. The Labute approximate surface area is 141 Å². The normalized spacial score (nSPS) is 9.58. The van der Waals surface area contributed by atoms with Crippen LogP contribution >= 0.6 is 0 Å². The van der Waals surface area contributed by atoms with E-state index in [0.717, 1.165) is 34.1 Å². The summed E-state index contributed by atoms with van der Waals surface area (Å²) >= 11 is 0. The first-order valence-electron chi connectivity index (χ1n) is 7.36. The molecule has 2 nitrogen and oxygen atoms in total. The molecule has 0 spiro atoms. The number of benzene rings is 3. The molecule has 2 heteroatoms. The van der Waals surface area contributed by atoms with Crippen molar-refractivity contribution in [2.75, 3.05) is 0 Å². The average molecular weight is 310 g/mol. The van der Waals surface area contributed by atoms with Crippen LogP contribution < -0.4 is 9.47 Å². The lowest BCUT2D eigenvalue weighted by atomic mass is 10.2. The van der Waals surface area contributed by atoms with Gasteiger partial charge in [-0.2, -0.15) is 0 Å². The molecule has 0 heterocycles. The number of rotatable bonds is 4. The van der Waals surface area contributed by atoms with Crippen molar-refractivity contribution in [1.29, 1.82) is 0 Å². The van der Waals surface area contributed by atoms with Crippen molar-refractivity contribution >= 4 is 0 Å². The molecule has 0 bridgehead atoms. The summed E-state index contributed by atoms with van der Waals surface area (Å²) in [4.78, 5) is 0. The van der Waals surface area contributed by atoms with Crippen molar-refractivity contribution in [3.8, 4) is 47.7 Å². The quantitative estimate of drug-likeness (QED) is 0.614. The zero-order valence-corrected chi connectivity index (χ0v) is 12.9. The second-order valence-electron chi connectivity index (χ2n) is 5.01. The van der Waals surface area contributed by atoms with Gasteiger partial charge in [0, 0.05) is 11.1 Å². The maximum atomic E-state index is 5.77. The fraction of sp³-hybridized carbons (Fsp3) is 0. The van der Waals surface area contributed by atoms with Gasteiger partial charge in [0.1, 0.15) is 23.0 Å². The van der Waals surface area contributed by atoms with E-state index < -0.39 is 0 Å². The van der Waals surface area contributed by atoms with Crippen molar-refractivity contribution in [3.63, 3.8) is 0 Å². The molecule has 0 fully saturated rings. The van der Waals surface area contributed by atoms with Crippen LogP contribution in [0.4, 0.5) is 0 Å². The summed E-state index contributed by atoms with van der Waals surface area (Å²) in [7, 11) is 0. The minimum absolute atomic E-state index is 0.721. The van der Waals surface area contributed by atoms with Gasteiger partial charge in [-0.1, -0.05) is 11.8 Å². The maximum Gasteiger partial charge on any atom is 0.127 e. The zero-order valence-electron chi connectivity index (χ0n) is 12.9. The molecular weight excluding hydrogens is 296 g/mol. The average Bonchev–Trinajstić information content (AvgIpc) is 2.65. The molecule has 3 aromatic carbocycles. The van der Waals surface area contributed by atoms with Crippen LogP contribution in [0.25, 0.3) is 0 Å². The molecule has 0 aliphatic heterocycles. The molecule has 0 saturated heterocycles. The SMILES string of the molecule is C#Cc1ccc(Oc2ccc(Oc3ccc(C#C)cc3)cc2)cc1. The van der Waals surface area contributed by atoms with Crippen LogP contribution in [0, 0.1) is 24.7 Å². The Morgan fingerprint density at radius 2 is 0.708 bits per heavy atom. The fourth-order valence-electron chi connectivity index (χ4n) is 2.09. The fourth-order valence-corrected chi connectivity index (χ4v) is 2.09. The lowest BCUT2D eigenvalue weighted by molar-refractivity contribution is 0.469. The van der Waals surface area contributed by atoms with Crippen LogP contribution in [-0.2, 0) is 0 Å². The first-order chi connectivity index (χ1) is 11.8. The van der Waals surface area contributed by atoms with Gasteiger partial charge in [0.05, 0.1) is 0 Å². The van der Waals surface area contributed by atoms with Crippen LogP contribution in [0.15, 0.2) is 72.8 Å². The molecule has 0 amide bonds. The van der Waals surface area contributed by atoms with E-state index in [4.69, 9.17) is 22.3 Å². The molecule has 0 unspecified atom stereocenters. The molecule has 114 valence electrons. The van der Waals surface area contributed by atoms with Gasteiger partial charge in [0.25, 0.3) is 0 Å². The minimum Gasteiger partial charge on any atom is -0.457 e. The topological polar surface area (TPSA) is 18.5 Å². The number of ether oxygens (including phenoxy) is 2. The van der Waals surface area contributed by atoms with Gasteiger partial charge in [0.15, 0.2) is 0 Å². The van der Waals surface area contributed by atoms with Crippen LogP contribution in [0.2, 0.25) is 0 Å². The summed E-state index contributed by atoms with van der Waals surface area (Å²) in [6.07, 6.45) is 10.7. The first-order valence-corrected chi connectivity index (χ1v) is 7.36. The van der Waals surface area contributed by atoms with Crippen LogP contribution in [0.5, 0.6) is 23.0 Å². The Morgan fingerprint density at radius 1 is 0.458 bits per heavy atom. The van der Waals surface area contributed by atoms with E-state index in [1.807, 2.05) is 72.8 Å². The smallest absolute Gasteiger partial charge is 0.127 e. The third-order valence-electron chi connectivity index (χ3n) is 3.34. The number of terminal acetylenes is 2. The molecule has 0 atom stereocenters. The Morgan fingerprint density at radius 3 is 0.958 bits per heavy atom. The third kappa shape index (κ3) is 3.77. The van der Waals surface area contributed by atoms with Gasteiger partial charge in [-0.3, -0.25) is 0 Å². The van der Waals surface area contributed by atoms with Gasteiger partial charge < -0.3 is 9.47 Å². The van der Waals surface area contributed by atoms with Crippen LogP contribution in [0.1, 0.15) is 11.1 Å². The molecule has 3 rings (SSSR count). The summed E-state index contributed by atoms with van der Waals surface area (Å²) in [6, 6.07) is 22.1. The second-order valence-corrected chi connectivity index (χ2v) is 5.01. The van der Waals surface area contributed by atoms with Crippen molar-refractivity contribution in [3.05, 3.63) is 83.9 Å². The van der Waals surface area contributed by atoms with Gasteiger partial charge in [-0.25, -0.2) is 0 Å². The van der Waals surface area contributed by atoms with Gasteiger partial charge in [-0.15, -0.1) is 12.8 Å². The molecule has 0 radical (unpaired) electrons. The summed E-state index contributed by atoms with van der Waals surface area (Å²) in [5, 5.41) is 0. The van der Waals surface area contributed by atoms with Crippen LogP contribution in [0.3, 0.4) is 0 Å². The van der Waals surface area contributed by atoms with Gasteiger partial charge in [0.2, 0.25) is 0 Å². The van der Waals surface area contributed by atoms with Crippen molar-refractivity contribution < 1.29 is 9.47 Å². The Hall–Kier alpha value is -3.62. The summed E-state index contributed by atoms with van der Waals surface area (Å²) in [5.41, 5.74) is 1.64. The lowest BCUT2D eigenvalue weighted by Gasteiger charge is -2.08. The predicted molar refractivity (Wildman–Crippen MR) is 95.3 cm³/mol. The molecule has 0 saturated carbocycles. The molecule has 24 heavy (non-hydrogen) atoms. The Bertz CT molecular complexity index is 812. The highest BCUT2D eigenvalue weighted by atomic mass is 16.5. The van der Waals surface area contributed by atoms with Gasteiger partial charge >= 0.3 is 0 Å². The number of hydrogen-bond donors (Lipinski definition) is 0. The lowest BCUT2D eigenvalue weighted by Crippen LogP contribution is -1.87. The Kier molecular flexibility index (Phi) is 4.52.